The van der Waals surface area contributed by atoms with Gasteiger partial charge in [0.25, 0.3) is 5.56 Å². The summed E-state index contributed by atoms with van der Waals surface area (Å²) in [6.45, 7) is 3.34. The van der Waals surface area contributed by atoms with Crippen LogP contribution in [0.1, 0.15) is 12.8 Å². The van der Waals surface area contributed by atoms with Crippen molar-refractivity contribution in [2.75, 3.05) is 19.6 Å². The third-order valence-corrected chi connectivity index (χ3v) is 6.25. The molecule has 2 aromatic carbocycles. The van der Waals surface area contributed by atoms with E-state index in [9.17, 15) is 4.79 Å². The molecule has 3 aromatic rings. The van der Waals surface area contributed by atoms with Crippen LogP contribution in [-0.2, 0) is 7.05 Å². The first-order valence-electron chi connectivity index (χ1n) is 9.74. The molecule has 2 bridgehead atoms. The highest BCUT2D eigenvalue weighted by molar-refractivity contribution is 6.30. The first-order chi connectivity index (χ1) is 13.6. The van der Waals surface area contributed by atoms with E-state index < -0.39 is 0 Å². The van der Waals surface area contributed by atoms with E-state index in [2.05, 4.69) is 4.90 Å². The van der Waals surface area contributed by atoms with Crippen molar-refractivity contribution in [3.05, 3.63) is 57.8 Å². The molecule has 1 atom stereocenters. The number of halogens is 1. The van der Waals surface area contributed by atoms with E-state index in [-0.39, 0.29) is 11.7 Å². The Labute approximate surface area is 168 Å². The van der Waals surface area contributed by atoms with Crippen LogP contribution < -0.4 is 10.3 Å². The van der Waals surface area contributed by atoms with Gasteiger partial charge in [-0.15, -0.1) is 0 Å². The van der Waals surface area contributed by atoms with Gasteiger partial charge in [-0.3, -0.25) is 14.3 Å². The number of ether oxygens (including phenoxy) is 1. The lowest BCUT2D eigenvalue weighted by molar-refractivity contribution is -0.00769. The normalized spacial score (nSPS) is 23.9. The van der Waals surface area contributed by atoms with Gasteiger partial charge in [-0.1, -0.05) is 23.7 Å². The number of fused-ring (bicyclic) bond motifs is 4. The van der Waals surface area contributed by atoms with Crippen LogP contribution in [0.25, 0.3) is 22.3 Å². The summed E-state index contributed by atoms with van der Waals surface area (Å²) in [5.41, 5.74) is 1.40. The topological polar surface area (TPSA) is 47.4 Å². The maximum absolute atomic E-state index is 13.0. The predicted molar refractivity (Wildman–Crippen MR) is 111 cm³/mol. The molecule has 0 amide bonds. The Morgan fingerprint density at radius 2 is 1.96 bits per heavy atom. The Kier molecular flexibility index (Phi) is 4.37. The zero-order valence-electron chi connectivity index (χ0n) is 15.8. The van der Waals surface area contributed by atoms with Gasteiger partial charge in [-0.05, 0) is 62.2 Å². The summed E-state index contributed by atoms with van der Waals surface area (Å²) in [4.78, 5) is 20.2. The summed E-state index contributed by atoms with van der Waals surface area (Å²) >= 11 is 6.11. The van der Waals surface area contributed by atoms with Gasteiger partial charge in [0, 0.05) is 24.2 Å². The first-order valence-corrected chi connectivity index (χ1v) is 10.1. The van der Waals surface area contributed by atoms with E-state index >= 15 is 0 Å². The van der Waals surface area contributed by atoms with Crippen LogP contribution in [0.4, 0.5) is 0 Å². The minimum atomic E-state index is -0.0839. The second-order valence-corrected chi connectivity index (χ2v) is 8.22. The summed E-state index contributed by atoms with van der Waals surface area (Å²) in [5, 5.41) is 1.19. The summed E-state index contributed by atoms with van der Waals surface area (Å²) < 4.78 is 7.86. The molecule has 0 aliphatic carbocycles. The van der Waals surface area contributed by atoms with E-state index in [1.54, 1.807) is 11.6 Å². The monoisotopic (exact) mass is 395 g/mol. The van der Waals surface area contributed by atoms with E-state index in [1.165, 1.54) is 25.9 Å². The molecular formula is C22H22ClN3O2. The van der Waals surface area contributed by atoms with Gasteiger partial charge in [0.1, 0.15) is 17.7 Å². The standard InChI is InChI=1S/C22H22ClN3O2/c1-25-21(15-3-2-4-16(23)11-15)24-19-6-5-17(12-18(19)22(25)27)28-20-13-26-9-7-14(20)8-10-26/h2-6,11-12,14,20H,7-10,13H2,1H3/t20-/m0/s1. The number of aromatic nitrogens is 2. The van der Waals surface area contributed by atoms with E-state index in [4.69, 9.17) is 21.3 Å². The third kappa shape index (κ3) is 3.09. The smallest absolute Gasteiger partial charge is 0.261 e. The van der Waals surface area contributed by atoms with Gasteiger partial charge >= 0.3 is 0 Å². The molecule has 0 spiro atoms. The Hall–Kier alpha value is -2.37. The molecule has 28 heavy (non-hydrogen) atoms. The van der Waals surface area contributed by atoms with Crippen molar-refractivity contribution in [1.29, 1.82) is 0 Å². The number of benzene rings is 2. The van der Waals surface area contributed by atoms with Crippen molar-refractivity contribution in [2.24, 2.45) is 13.0 Å². The molecule has 3 fully saturated rings. The zero-order valence-corrected chi connectivity index (χ0v) is 16.5. The van der Waals surface area contributed by atoms with Crippen LogP contribution in [-0.4, -0.2) is 40.2 Å². The average molecular weight is 396 g/mol. The van der Waals surface area contributed by atoms with Crippen LogP contribution in [0.2, 0.25) is 5.02 Å². The Balaban J connectivity index is 1.51. The van der Waals surface area contributed by atoms with E-state index in [0.717, 1.165) is 17.9 Å². The molecule has 4 heterocycles. The maximum atomic E-state index is 13.0. The van der Waals surface area contributed by atoms with Crippen molar-refractivity contribution >= 4 is 22.5 Å². The largest absolute Gasteiger partial charge is 0.489 e. The van der Waals surface area contributed by atoms with Crippen LogP contribution in [0.5, 0.6) is 5.75 Å². The minimum Gasteiger partial charge on any atom is -0.489 e. The highest BCUT2D eigenvalue weighted by Crippen LogP contribution is 2.31. The molecule has 0 saturated carbocycles. The second kappa shape index (κ2) is 6.90. The van der Waals surface area contributed by atoms with Crippen molar-refractivity contribution in [3.63, 3.8) is 0 Å². The minimum absolute atomic E-state index is 0.0839. The molecule has 6 rings (SSSR count). The first kappa shape index (κ1) is 17.7. The van der Waals surface area contributed by atoms with Gasteiger partial charge in [-0.2, -0.15) is 0 Å². The molecule has 1 aromatic heterocycles. The second-order valence-electron chi connectivity index (χ2n) is 7.78. The number of hydrogen-bond donors (Lipinski definition) is 0. The molecule has 144 valence electrons. The summed E-state index contributed by atoms with van der Waals surface area (Å²) in [6, 6.07) is 13.0. The zero-order chi connectivity index (χ0) is 19.3. The SMILES string of the molecule is Cn1c(-c2cccc(Cl)c2)nc2ccc(O[C@H]3CN4CCC3CC4)cc2c1=O. The number of rotatable bonds is 3. The van der Waals surface area contributed by atoms with Crippen molar-refractivity contribution in [3.8, 4) is 17.1 Å². The molecule has 3 aliphatic heterocycles. The molecule has 0 N–H and O–H groups in total. The van der Waals surface area contributed by atoms with Crippen molar-refractivity contribution in [1.82, 2.24) is 14.5 Å². The molecule has 0 radical (unpaired) electrons. The van der Waals surface area contributed by atoms with Crippen LogP contribution in [0.3, 0.4) is 0 Å². The maximum Gasteiger partial charge on any atom is 0.261 e. The highest BCUT2D eigenvalue weighted by atomic mass is 35.5. The molecule has 3 aliphatic rings. The van der Waals surface area contributed by atoms with E-state index in [1.807, 2.05) is 42.5 Å². The van der Waals surface area contributed by atoms with E-state index in [0.29, 0.717) is 27.7 Å². The lowest BCUT2D eigenvalue weighted by Crippen LogP contribution is -2.52. The molecule has 5 nitrogen and oxygen atoms in total. The van der Waals surface area contributed by atoms with Crippen molar-refractivity contribution in [2.45, 2.75) is 18.9 Å². The Bertz CT molecular complexity index is 1100. The number of piperidine rings is 3. The summed E-state index contributed by atoms with van der Waals surface area (Å²) in [7, 11) is 1.74. The quantitative estimate of drug-likeness (QED) is 0.678. The molecule has 0 unspecified atom stereocenters. The fourth-order valence-corrected chi connectivity index (χ4v) is 4.62. The lowest BCUT2D eigenvalue weighted by Gasteiger charge is -2.44. The van der Waals surface area contributed by atoms with Gasteiger partial charge in [0.15, 0.2) is 0 Å². The van der Waals surface area contributed by atoms with Crippen LogP contribution in [0, 0.1) is 5.92 Å². The van der Waals surface area contributed by atoms with Crippen molar-refractivity contribution < 1.29 is 4.74 Å². The molecule has 6 heteroatoms. The third-order valence-electron chi connectivity index (χ3n) is 6.01. The molecular weight excluding hydrogens is 374 g/mol. The fraction of sp³-hybridized carbons (Fsp3) is 0.364. The lowest BCUT2D eigenvalue weighted by atomic mass is 9.86. The van der Waals surface area contributed by atoms with Gasteiger partial charge in [0.05, 0.1) is 10.9 Å². The summed E-state index contributed by atoms with van der Waals surface area (Å²) in [6.07, 6.45) is 2.61. The van der Waals surface area contributed by atoms with Gasteiger partial charge < -0.3 is 4.74 Å². The highest BCUT2D eigenvalue weighted by Gasteiger charge is 2.35. The van der Waals surface area contributed by atoms with Gasteiger partial charge in [0.2, 0.25) is 0 Å². The Morgan fingerprint density at radius 1 is 1.14 bits per heavy atom. The number of nitrogens with zero attached hydrogens (tertiary/aromatic N) is 3. The van der Waals surface area contributed by atoms with Crippen LogP contribution in [0.15, 0.2) is 47.3 Å². The fourth-order valence-electron chi connectivity index (χ4n) is 4.43. The van der Waals surface area contributed by atoms with Crippen LogP contribution >= 0.6 is 11.6 Å². The molecule has 3 saturated heterocycles. The number of hydrogen-bond acceptors (Lipinski definition) is 4. The Morgan fingerprint density at radius 3 is 2.68 bits per heavy atom. The average Bonchev–Trinajstić information content (AvgIpc) is 2.72. The summed E-state index contributed by atoms with van der Waals surface area (Å²) in [5.74, 6) is 1.97. The predicted octanol–water partition coefficient (Wildman–Crippen LogP) is 3.73. The van der Waals surface area contributed by atoms with Gasteiger partial charge in [-0.25, -0.2) is 4.98 Å².